The Morgan fingerprint density at radius 2 is 1.89 bits per heavy atom. The van der Waals surface area contributed by atoms with E-state index in [-0.39, 0.29) is 34.7 Å². The molecule has 7 nitrogen and oxygen atoms in total. The van der Waals surface area contributed by atoms with Crippen molar-refractivity contribution >= 4 is 38.6 Å². The SMILES string of the molecule is Cc1ccc(S(=O)(=O)N2CCC(C(=O)NC3CC4(C3)CC(c3nc5cc(Cl)ccc5o3)C4)C2)cc1. The maximum absolute atomic E-state index is 12.9. The zero-order valence-corrected chi connectivity index (χ0v) is 21.1. The molecule has 2 aliphatic carbocycles. The van der Waals surface area contributed by atoms with Gasteiger partial charge in [-0.15, -0.1) is 0 Å². The molecule has 9 heteroatoms. The molecule has 1 aromatic heterocycles. The van der Waals surface area contributed by atoms with Crippen LogP contribution in [0.15, 0.2) is 51.8 Å². The van der Waals surface area contributed by atoms with Crippen molar-refractivity contribution in [1.29, 1.82) is 0 Å². The van der Waals surface area contributed by atoms with Gasteiger partial charge >= 0.3 is 0 Å². The second-order valence-electron chi connectivity index (χ2n) is 10.5. The molecule has 0 bridgehead atoms. The van der Waals surface area contributed by atoms with Crippen molar-refractivity contribution in [3.05, 3.63) is 58.9 Å². The lowest BCUT2D eigenvalue weighted by Crippen LogP contribution is -2.56. The number of halogens is 1. The number of sulfonamides is 1. The number of benzene rings is 2. The van der Waals surface area contributed by atoms with Crippen LogP contribution >= 0.6 is 11.6 Å². The maximum atomic E-state index is 12.9. The fourth-order valence-electron chi connectivity index (χ4n) is 6.01. The molecule has 35 heavy (non-hydrogen) atoms. The van der Waals surface area contributed by atoms with Crippen LogP contribution in [0.4, 0.5) is 0 Å². The van der Waals surface area contributed by atoms with Crippen molar-refractivity contribution in [1.82, 2.24) is 14.6 Å². The first-order valence-corrected chi connectivity index (χ1v) is 14.0. The average Bonchev–Trinajstić information content (AvgIpc) is 3.42. The van der Waals surface area contributed by atoms with Crippen LogP contribution in [0.5, 0.6) is 0 Å². The van der Waals surface area contributed by atoms with Crippen molar-refractivity contribution < 1.29 is 17.6 Å². The average molecular weight is 514 g/mol. The van der Waals surface area contributed by atoms with Crippen molar-refractivity contribution in [2.75, 3.05) is 13.1 Å². The third kappa shape index (κ3) is 4.15. The first kappa shape index (κ1) is 23.0. The lowest BCUT2D eigenvalue weighted by Gasteiger charge is -2.57. The number of rotatable bonds is 5. The molecular weight excluding hydrogens is 486 g/mol. The summed E-state index contributed by atoms with van der Waals surface area (Å²) in [7, 11) is -3.57. The lowest BCUT2D eigenvalue weighted by atomic mass is 9.50. The number of aromatic nitrogens is 1. The predicted octanol–water partition coefficient (Wildman–Crippen LogP) is 4.64. The Bertz CT molecular complexity index is 1390. The Labute approximate surface area is 209 Å². The van der Waals surface area contributed by atoms with Gasteiger partial charge in [-0.05, 0) is 74.8 Å². The minimum atomic E-state index is -3.57. The molecule has 2 heterocycles. The Morgan fingerprint density at radius 1 is 1.14 bits per heavy atom. The number of hydrogen-bond donors (Lipinski definition) is 1. The van der Waals surface area contributed by atoms with E-state index in [1.54, 1.807) is 24.3 Å². The van der Waals surface area contributed by atoms with Gasteiger partial charge in [0.15, 0.2) is 11.5 Å². The van der Waals surface area contributed by atoms with E-state index in [1.807, 2.05) is 25.1 Å². The van der Waals surface area contributed by atoms with Gasteiger partial charge in [0.2, 0.25) is 15.9 Å². The van der Waals surface area contributed by atoms with Gasteiger partial charge in [0.1, 0.15) is 5.52 Å². The summed E-state index contributed by atoms with van der Waals surface area (Å²) in [5.74, 6) is 0.764. The van der Waals surface area contributed by atoms with Crippen LogP contribution in [-0.2, 0) is 14.8 Å². The van der Waals surface area contributed by atoms with E-state index in [4.69, 9.17) is 16.0 Å². The third-order valence-corrected chi connectivity index (χ3v) is 10.1. The number of fused-ring (bicyclic) bond motifs is 1. The number of carbonyl (C=O) groups excluding carboxylic acids is 1. The molecule has 1 saturated heterocycles. The summed E-state index contributed by atoms with van der Waals surface area (Å²) in [5, 5.41) is 3.82. The van der Waals surface area contributed by atoms with Crippen molar-refractivity contribution in [3.8, 4) is 0 Å². The second-order valence-corrected chi connectivity index (χ2v) is 12.9. The number of amides is 1. The van der Waals surface area contributed by atoms with E-state index in [2.05, 4.69) is 10.3 Å². The monoisotopic (exact) mass is 513 g/mol. The fourth-order valence-corrected chi connectivity index (χ4v) is 7.68. The molecule has 184 valence electrons. The summed E-state index contributed by atoms with van der Waals surface area (Å²) in [4.78, 5) is 17.8. The number of carbonyl (C=O) groups is 1. The number of aryl methyl sites for hydroxylation is 1. The smallest absolute Gasteiger partial charge is 0.243 e. The molecule has 1 unspecified atom stereocenters. The zero-order valence-electron chi connectivity index (χ0n) is 19.5. The topological polar surface area (TPSA) is 92.5 Å². The molecular formula is C26H28ClN3O4S. The van der Waals surface area contributed by atoms with Crippen LogP contribution in [-0.4, -0.2) is 42.7 Å². The number of nitrogens with one attached hydrogen (secondary N) is 1. The van der Waals surface area contributed by atoms with E-state index < -0.39 is 10.0 Å². The molecule has 1 spiro atoms. The Hall–Kier alpha value is -2.42. The third-order valence-electron chi connectivity index (χ3n) is 7.96. The predicted molar refractivity (Wildman–Crippen MR) is 133 cm³/mol. The minimum absolute atomic E-state index is 0.0295. The van der Waals surface area contributed by atoms with Gasteiger partial charge in [0, 0.05) is 30.1 Å². The van der Waals surface area contributed by atoms with Crippen LogP contribution in [0, 0.1) is 18.3 Å². The molecule has 3 fully saturated rings. The van der Waals surface area contributed by atoms with E-state index >= 15 is 0 Å². The fraction of sp³-hybridized carbons (Fsp3) is 0.462. The molecule has 6 rings (SSSR count). The first-order valence-electron chi connectivity index (χ1n) is 12.1. The van der Waals surface area contributed by atoms with E-state index in [0.29, 0.717) is 23.9 Å². The summed E-state index contributed by atoms with van der Waals surface area (Å²) >= 11 is 6.05. The van der Waals surface area contributed by atoms with Gasteiger partial charge in [-0.3, -0.25) is 4.79 Å². The molecule has 1 N–H and O–H groups in total. The van der Waals surface area contributed by atoms with Crippen LogP contribution in [0.1, 0.15) is 49.5 Å². The van der Waals surface area contributed by atoms with E-state index in [0.717, 1.165) is 48.2 Å². The van der Waals surface area contributed by atoms with Crippen molar-refractivity contribution in [2.45, 2.75) is 55.9 Å². The lowest BCUT2D eigenvalue weighted by molar-refractivity contribution is -0.128. The summed E-state index contributed by atoms with van der Waals surface area (Å²) in [6, 6.07) is 12.5. The number of oxazole rings is 1. The van der Waals surface area contributed by atoms with E-state index in [9.17, 15) is 13.2 Å². The van der Waals surface area contributed by atoms with Crippen LogP contribution in [0.3, 0.4) is 0 Å². The molecule has 2 aromatic carbocycles. The van der Waals surface area contributed by atoms with Crippen molar-refractivity contribution in [3.63, 3.8) is 0 Å². The van der Waals surface area contributed by atoms with Gasteiger partial charge in [-0.25, -0.2) is 13.4 Å². The summed E-state index contributed by atoms with van der Waals surface area (Å²) in [6.07, 6.45) is 4.51. The molecule has 2 saturated carbocycles. The maximum Gasteiger partial charge on any atom is 0.243 e. The molecule has 1 atom stereocenters. The highest BCUT2D eigenvalue weighted by molar-refractivity contribution is 7.89. The highest BCUT2D eigenvalue weighted by atomic mass is 35.5. The highest BCUT2D eigenvalue weighted by Crippen LogP contribution is 2.62. The Kier molecular flexibility index (Phi) is 5.47. The van der Waals surface area contributed by atoms with Crippen LogP contribution < -0.4 is 5.32 Å². The number of nitrogens with zero attached hydrogens (tertiary/aromatic N) is 2. The normalized spacial score (nSPS) is 28.7. The van der Waals surface area contributed by atoms with Gasteiger partial charge in [0.25, 0.3) is 0 Å². The molecule has 3 aliphatic rings. The first-order chi connectivity index (χ1) is 16.7. The zero-order chi connectivity index (χ0) is 24.4. The Morgan fingerprint density at radius 3 is 2.63 bits per heavy atom. The molecule has 0 radical (unpaired) electrons. The van der Waals surface area contributed by atoms with Gasteiger partial charge < -0.3 is 9.73 Å². The van der Waals surface area contributed by atoms with Crippen molar-refractivity contribution in [2.24, 2.45) is 11.3 Å². The molecule has 1 amide bonds. The summed E-state index contributed by atoms with van der Waals surface area (Å²) in [6.45, 7) is 2.54. The summed E-state index contributed by atoms with van der Waals surface area (Å²) in [5.41, 5.74) is 2.83. The molecule has 1 aliphatic heterocycles. The van der Waals surface area contributed by atoms with Crippen LogP contribution in [0.2, 0.25) is 5.02 Å². The van der Waals surface area contributed by atoms with E-state index in [1.165, 1.54) is 4.31 Å². The standard InChI is InChI=1S/C26H28ClN3O4S/c1-16-2-5-21(6-3-16)35(32,33)30-9-8-17(15-30)24(31)28-20-13-26(14-20)11-18(12-26)25-29-22-10-19(27)4-7-23(22)34-25/h2-7,10,17-18,20H,8-9,11-15H2,1H3,(H,28,31). The largest absolute Gasteiger partial charge is 0.440 e. The highest BCUT2D eigenvalue weighted by Gasteiger charge is 2.55. The Balaban J connectivity index is 0.998. The van der Waals surface area contributed by atoms with Gasteiger partial charge in [-0.1, -0.05) is 29.3 Å². The minimum Gasteiger partial charge on any atom is -0.440 e. The van der Waals surface area contributed by atoms with Gasteiger partial charge in [0.05, 0.1) is 10.8 Å². The summed E-state index contributed by atoms with van der Waals surface area (Å²) < 4.78 is 33.2. The second kappa shape index (κ2) is 8.32. The quantitative estimate of drug-likeness (QED) is 0.536. The van der Waals surface area contributed by atoms with Gasteiger partial charge in [-0.2, -0.15) is 4.31 Å². The number of hydrogen-bond acceptors (Lipinski definition) is 5. The molecule has 3 aromatic rings. The van der Waals surface area contributed by atoms with Crippen LogP contribution in [0.25, 0.3) is 11.1 Å².